The van der Waals surface area contributed by atoms with Crippen LogP contribution in [0.4, 0.5) is 4.79 Å². The van der Waals surface area contributed by atoms with Gasteiger partial charge in [0.25, 0.3) is 0 Å². The molecule has 5 heteroatoms. The van der Waals surface area contributed by atoms with Gasteiger partial charge in [0.1, 0.15) is 0 Å². The summed E-state index contributed by atoms with van der Waals surface area (Å²) in [6.07, 6.45) is -0.684. The highest BCUT2D eigenvalue weighted by Gasteiger charge is 2.05. The van der Waals surface area contributed by atoms with Crippen molar-refractivity contribution in [3.63, 3.8) is 0 Å². The maximum absolute atomic E-state index is 11.1. The molecule has 0 unspecified atom stereocenters. The van der Waals surface area contributed by atoms with Crippen molar-refractivity contribution < 1.29 is 19.7 Å². The molecule has 0 saturated heterocycles. The molecule has 3 N–H and O–H groups in total. The minimum atomic E-state index is -0.512. The average molecular weight is 255 g/mol. The first-order chi connectivity index (χ1) is 8.49. The Bertz CT molecular complexity index is 377. The van der Waals surface area contributed by atoms with E-state index in [1.54, 1.807) is 19.9 Å². The Kier molecular flexibility index (Phi) is 7.35. The highest BCUT2D eigenvalue weighted by molar-refractivity contribution is 5.67. The van der Waals surface area contributed by atoms with Crippen LogP contribution in [0.2, 0.25) is 0 Å². The predicted octanol–water partition coefficient (Wildman–Crippen LogP) is 2.76. The molecule has 102 valence electrons. The fraction of sp³-hybridized carbons (Fsp3) is 0.462. The lowest BCUT2D eigenvalue weighted by molar-refractivity contribution is 0.115. The molecule has 0 heterocycles. The molecule has 0 aliphatic heterocycles. The first-order valence-corrected chi connectivity index (χ1v) is 5.94. The van der Waals surface area contributed by atoms with Crippen LogP contribution < -0.4 is 5.32 Å². The van der Waals surface area contributed by atoms with Gasteiger partial charge in [-0.2, -0.15) is 0 Å². The molecule has 1 aromatic rings. The third kappa shape index (κ3) is 5.98. The average Bonchev–Trinajstić information content (AvgIpc) is 2.32. The van der Waals surface area contributed by atoms with E-state index in [1.807, 2.05) is 13.8 Å². The van der Waals surface area contributed by atoms with Crippen molar-refractivity contribution in [1.29, 1.82) is 0 Å². The number of rotatable bonds is 3. The van der Waals surface area contributed by atoms with Crippen molar-refractivity contribution in [2.24, 2.45) is 0 Å². The smallest absolute Gasteiger partial charge is 0.407 e. The molecule has 1 amide bonds. The van der Waals surface area contributed by atoms with Crippen LogP contribution in [0.3, 0.4) is 0 Å². The van der Waals surface area contributed by atoms with Crippen LogP contribution in [0.15, 0.2) is 18.2 Å². The Labute approximate surface area is 107 Å². The fourth-order valence-corrected chi connectivity index (χ4v) is 1.11. The third-order valence-corrected chi connectivity index (χ3v) is 1.82. The molecule has 0 bridgehead atoms. The van der Waals surface area contributed by atoms with Crippen LogP contribution in [0.1, 0.15) is 33.3 Å². The SMILES string of the molecule is CC.CC(C)OC(=O)NCc1ccc(O)c(O)c1. The number of carbonyl (C=O) groups is 1. The number of amides is 1. The Morgan fingerprint density at radius 1 is 1.28 bits per heavy atom. The summed E-state index contributed by atoms with van der Waals surface area (Å²) in [5, 5.41) is 20.8. The van der Waals surface area contributed by atoms with Gasteiger partial charge in [0.15, 0.2) is 11.5 Å². The zero-order chi connectivity index (χ0) is 14.1. The molecular formula is C13H21NO4. The van der Waals surface area contributed by atoms with Gasteiger partial charge in [-0.1, -0.05) is 19.9 Å². The van der Waals surface area contributed by atoms with Crippen LogP contribution >= 0.6 is 0 Å². The van der Waals surface area contributed by atoms with E-state index in [4.69, 9.17) is 9.84 Å². The Hall–Kier alpha value is -1.91. The van der Waals surface area contributed by atoms with Gasteiger partial charge in [0.2, 0.25) is 0 Å². The molecular weight excluding hydrogens is 234 g/mol. The molecule has 0 aromatic heterocycles. The third-order valence-electron chi connectivity index (χ3n) is 1.82. The lowest BCUT2D eigenvalue weighted by Crippen LogP contribution is -2.26. The number of phenols is 2. The van der Waals surface area contributed by atoms with Crippen LogP contribution in [-0.4, -0.2) is 22.4 Å². The lowest BCUT2D eigenvalue weighted by Gasteiger charge is -2.09. The van der Waals surface area contributed by atoms with Crippen molar-refractivity contribution >= 4 is 6.09 Å². The van der Waals surface area contributed by atoms with E-state index >= 15 is 0 Å². The van der Waals surface area contributed by atoms with Crippen molar-refractivity contribution in [1.82, 2.24) is 5.32 Å². The zero-order valence-corrected chi connectivity index (χ0v) is 11.2. The van der Waals surface area contributed by atoms with Gasteiger partial charge in [0.05, 0.1) is 6.10 Å². The Morgan fingerprint density at radius 3 is 2.39 bits per heavy atom. The topological polar surface area (TPSA) is 78.8 Å². The molecule has 0 fully saturated rings. The highest BCUT2D eigenvalue weighted by atomic mass is 16.6. The minimum absolute atomic E-state index is 0.173. The van der Waals surface area contributed by atoms with E-state index in [1.165, 1.54) is 12.1 Å². The summed E-state index contributed by atoms with van der Waals surface area (Å²) < 4.78 is 4.86. The molecule has 1 rings (SSSR count). The van der Waals surface area contributed by atoms with Crippen molar-refractivity contribution in [2.45, 2.75) is 40.3 Å². The van der Waals surface area contributed by atoms with Gasteiger partial charge in [-0.3, -0.25) is 0 Å². The maximum atomic E-state index is 11.1. The molecule has 18 heavy (non-hydrogen) atoms. The number of hydrogen-bond acceptors (Lipinski definition) is 4. The molecule has 1 aromatic carbocycles. The van der Waals surface area contributed by atoms with E-state index in [-0.39, 0.29) is 24.1 Å². The van der Waals surface area contributed by atoms with Gasteiger partial charge in [-0.15, -0.1) is 0 Å². The van der Waals surface area contributed by atoms with E-state index in [9.17, 15) is 9.90 Å². The van der Waals surface area contributed by atoms with E-state index in [0.29, 0.717) is 5.56 Å². The summed E-state index contributed by atoms with van der Waals surface area (Å²) in [5.41, 5.74) is 0.677. The van der Waals surface area contributed by atoms with Crippen molar-refractivity contribution in [2.75, 3.05) is 0 Å². The fourth-order valence-electron chi connectivity index (χ4n) is 1.11. The number of carbonyl (C=O) groups excluding carboxylic acids is 1. The van der Waals surface area contributed by atoms with Gasteiger partial charge in [0, 0.05) is 6.54 Å². The summed E-state index contributed by atoms with van der Waals surface area (Å²) in [4.78, 5) is 11.1. The quantitative estimate of drug-likeness (QED) is 0.726. The maximum Gasteiger partial charge on any atom is 0.407 e. The van der Waals surface area contributed by atoms with Crippen molar-refractivity contribution in [3.8, 4) is 11.5 Å². The normalized spacial score (nSPS) is 9.39. The molecule has 0 radical (unpaired) electrons. The summed E-state index contributed by atoms with van der Waals surface area (Å²) in [7, 11) is 0. The second-order valence-corrected chi connectivity index (χ2v) is 3.63. The predicted molar refractivity (Wildman–Crippen MR) is 69.6 cm³/mol. The summed E-state index contributed by atoms with van der Waals surface area (Å²) in [6.45, 7) is 7.75. The summed E-state index contributed by atoms with van der Waals surface area (Å²) >= 11 is 0. The zero-order valence-electron chi connectivity index (χ0n) is 11.2. The lowest BCUT2D eigenvalue weighted by atomic mass is 10.2. The molecule has 0 atom stereocenters. The first kappa shape index (κ1) is 16.1. The van der Waals surface area contributed by atoms with Crippen molar-refractivity contribution in [3.05, 3.63) is 23.8 Å². The number of hydrogen-bond donors (Lipinski definition) is 3. The minimum Gasteiger partial charge on any atom is -0.504 e. The molecule has 0 saturated carbocycles. The van der Waals surface area contributed by atoms with Gasteiger partial charge < -0.3 is 20.3 Å². The number of ether oxygens (including phenoxy) is 1. The van der Waals surface area contributed by atoms with Gasteiger partial charge >= 0.3 is 6.09 Å². The molecule has 0 aliphatic rings. The summed E-state index contributed by atoms with van der Waals surface area (Å²) in [5.74, 6) is -0.398. The first-order valence-electron chi connectivity index (χ1n) is 5.94. The number of nitrogens with one attached hydrogen (secondary N) is 1. The van der Waals surface area contributed by atoms with Crippen LogP contribution in [0, 0.1) is 0 Å². The number of phenolic OH excluding ortho intramolecular Hbond substituents is 2. The van der Waals surface area contributed by atoms with Crippen LogP contribution in [0.25, 0.3) is 0 Å². The van der Waals surface area contributed by atoms with E-state index < -0.39 is 6.09 Å². The largest absolute Gasteiger partial charge is 0.504 e. The second kappa shape index (κ2) is 8.22. The summed E-state index contributed by atoms with van der Waals surface area (Å²) in [6, 6.07) is 4.34. The monoisotopic (exact) mass is 255 g/mol. The van der Waals surface area contributed by atoms with E-state index in [0.717, 1.165) is 0 Å². The van der Waals surface area contributed by atoms with Crippen LogP contribution in [0.5, 0.6) is 11.5 Å². The van der Waals surface area contributed by atoms with Crippen LogP contribution in [-0.2, 0) is 11.3 Å². The number of benzene rings is 1. The van der Waals surface area contributed by atoms with E-state index in [2.05, 4.69) is 5.32 Å². The highest BCUT2D eigenvalue weighted by Crippen LogP contribution is 2.24. The molecule has 0 aliphatic carbocycles. The van der Waals surface area contributed by atoms with Gasteiger partial charge in [-0.05, 0) is 31.5 Å². The second-order valence-electron chi connectivity index (χ2n) is 3.63. The molecule has 5 nitrogen and oxygen atoms in total. The Morgan fingerprint density at radius 2 is 1.89 bits per heavy atom. The number of alkyl carbamates (subject to hydrolysis) is 1. The molecule has 0 spiro atoms. The number of aromatic hydroxyl groups is 2. The standard InChI is InChI=1S/C11H15NO4.C2H6/c1-7(2)16-11(15)12-6-8-3-4-9(13)10(14)5-8;1-2/h3-5,7,13-14H,6H2,1-2H3,(H,12,15);1-2H3. The van der Waals surface area contributed by atoms with Gasteiger partial charge in [-0.25, -0.2) is 4.79 Å². The Balaban J connectivity index is 0.00000137.